The largest absolute Gasteiger partial charge is 0.481 e. The third-order valence-corrected chi connectivity index (χ3v) is 3.53. The van der Waals surface area contributed by atoms with E-state index in [4.69, 9.17) is 10.4 Å². The number of carboxylic acid groups (broad SMARTS) is 1. The van der Waals surface area contributed by atoms with Gasteiger partial charge in [0.25, 0.3) is 0 Å². The number of nitrogens with one attached hydrogen (secondary N) is 1. The van der Waals surface area contributed by atoms with Gasteiger partial charge in [-0.25, -0.2) is 0 Å². The van der Waals surface area contributed by atoms with Crippen LogP contribution in [-0.4, -0.2) is 21.8 Å². The summed E-state index contributed by atoms with van der Waals surface area (Å²) in [5.74, 6) is -2.04. The number of carbonyl (C=O) groups is 2. The molecule has 1 fully saturated rings. The highest BCUT2D eigenvalue weighted by atomic mass is 16.4. The van der Waals surface area contributed by atoms with E-state index in [0.29, 0.717) is 22.9 Å². The predicted octanol–water partition coefficient (Wildman–Crippen LogP) is 1.94. The first-order valence-electron chi connectivity index (χ1n) is 5.90. The number of hydrogen-bond donors (Lipinski definition) is 2. The quantitative estimate of drug-likeness (QED) is 0.818. The van der Waals surface area contributed by atoms with E-state index in [0.717, 1.165) is 5.52 Å². The number of benzene rings is 1. The maximum absolute atomic E-state index is 12.1. The van der Waals surface area contributed by atoms with Gasteiger partial charge >= 0.3 is 5.97 Å². The summed E-state index contributed by atoms with van der Waals surface area (Å²) < 4.78 is 0. The summed E-state index contributed by atoms with van der Waals surface area (Å²) in [6.45, 7) is 0. The molecular weight excluding hydrogens is 244 g/mol. The summed E-state index contributed by atoms with van der Waals surface area (Å²) in [4.78, 5) is 25.9. The number of Topliss-reactive ketones (excluding diaryl/α,β-unsaturated/α-hetero) is 1. The second-order valence-corrected chi connectivity index (χ2v) is 4.73. The first-order valence-corrected chi connectivity index (χ1v) is 5.90. The Hall–Kier alpha value is -2.61. The van der Waals surface area contributed by atoms with Crippen molar-refractivity contribution < 1.29 is 14.7 Å². The van der Waals surface area contributed by atoms with E-state index in [-0.39, 0.29) is 5.78 Å². The minimum atomic E-state index is -0.918. The zero-order chi connectivity index (χ0) is 13.6. The minimum absolute atomic E-state index is 0.153. The molecule has 5 nitrogen and oxygen atoms in total. The van der Waals surface area contributed by atoms with Gasteiger partial charge in [0.05, 0.1) is 11.5 Å². The molecule has 1 aromatic heterocycles. The van der Waals surface area contributed by atoms with E-state index in [1.54, 1.807) is 24.4 Å². The molecule has 0 aliphatic heterocycles. The molecule has 1 aliphatic carbocycles. The van der Waals surface area contributed by atoms with Crippen molar-refractivity contribution in [1.29, 1.82) is 5.26 Å². The second kappa shape index (κ2) is 3.95. The molecule has 1 aromatic carbocycles. The molecule has 3 rings (SSSR count). The summed E-state index contributed by atoms with van der Waals surface area (Å²) in [5.41, 5.74) is 1.74. The number of carbonyl (C=O) groups excluding carboxylic acids is 1. The van der Waals surface area contributed by atoms with Crippen LogP contribution in [0.15, 0.2) is 24.4 Å². The Bertz CT molecular complexity index is 739. The van der Waals surface area contributed by atoms with E-state index in [2.05, 4.69) is 11.1 Å². The molecule has 1 heterocycles. The average Bonchev–Trinajstić information content (AvgIpc) is 3.11. The van der Waals surface area contributed by atoms with Crippen molar-refractivity contribution in [3.63, 3.8) is 0 Å². The fourth-order valence-corrected chi connectivity index (χ4v) is 2.34. The standard InChI is InChI=1S/C14H10N2O3/c15-5-8-6-16-12-2-1-7(3-9(8)12)13(17)10-4-11(10)14(18)19/h1-3,6,10-11,16H,4H2,(H,18,19). The van der Waals surface area contributed by atoms with Crippen LogP contribution in [0, 0.1) is 23.2 Å². The third kappa shape index (κ3) is 1.78. The van der Waals surface area contributed by atoms with Crippen LogP contribution in [0.1, 0.15) is 22.3 Å². The van der Waals surface area contributed by atoms with Gasteiger partial charge in [-0.05, 0) is 24.6 Å². The Labute approximate surface area is 108 Å². The molecule has 19 heavy (non-hydrogen) atoms. The number of aliphatic carboxylic acids is 1. The van der Waals surface area contributed by atoms with E-state index in [9.17, 15) is 9.59 Å². The molecule has 0 radical (unpaired) electrons. The number of H-pyrrole nitrogens is 1. The van der Waals surface area contributed by atoms with E-state index in [1.807, 2.05) is 0 Å². The number of carboxylic acids is 1. The number of rotatable bonds is 3. The molecule has 1 saturated carbocycles. The monoisotopic (exact) mass is 254 g/mol. The zero-order valence-corrected chi connectivity index (χ0v) is 9.88. The lowest BCUT2D eigenvalue weighted by Gasteiger charge is -2.00. The van der Waals surface area contributed by atoms with Crippen LogP contribution >= 0.6 is 0 Å². The molecule has 2 aromatic rings. The highest BCUT2D eigenvalue weighted by molar-refractivity contribution is 6.05. The first-order chi connectivity index (χ1) is 9.11. The Balaban J connectivity index is 1.96. The highest BCUT2D eigenvalue weighted by Gasteiger charge is 2.48. The molecule has 94 valence electrons. The smallest absolute Gasteiger partial charge is 0.307 e. The zero-order valence-electron chi connectivity index (χ0n) is 9.88. The average molecular weight is 254 g/mol. The van der Waals surface area contributed by atoms with Crippen LogP contribution in [0.5, 0.6) is 0 Å². The van der Waals surface area contributed by atoms with Gasteiger partial charge in [-0.1, -0.05) is 0 Å². The number of fused-ring (bicyclic) bond motifs is 1. The molecular formula is C14H10N2O3. The van der Waals surface area contributed by atoms with Gasteiger partial charge in [0.15, 0.2) is 5.78 Å². The van der Waals surface area contributed by atoms with Gasteiger partial charge < -0.3 is 10.1 Å². The number of aromatic amines is 1. The fourth-order valence-electron chi connectivity index (χ4n) is 2.34. The lowest BCUT2D eigenvalue weighted by molar-refractivity contribution is -0.138. The van der Waals surface area contributed by atoms with Crippen LogP contribution in [0.25, 0.3) is 10.9 Å². The summed E-state index contributed by atoms with van der Waals surface area (Å²) in [6, 6.07) is 7.11. The summed E-state index contributed by atoms with van der Waals surface area (Å²) in [7, 11) is 0. The first kappa shape index (κ1) is 11.5. The molecule has 2 N–H and O–H groups in total. The maximum Gasteiger partial charge on any atom is 0.307 e. The Morgan fingerprint density at radius 2 is 2.16 bits per heavy atom. The lowest BCUT2D eigenvalue weighted by atomic mass is 10.0. The van der Waals surface area contributed by atoms with Crippen molar-refractivity contribution in [2.24, 2.45) is 11.8 Å². The van der Waals surface area contributed by atoms with Crippen molar-refractivity contribution in [3.8, 4) is 6.07 Å². The second-order valence-electron chi connectivity index (χ2n) is 4.73. The van der Waals surface area contributed by atoms with Gasteiger partial charge in [0.1, 0.15) is 6.07 Å². The van der Waals surface area contributed by atoms with Gasteiger partial charge in [0.2, 0.25) is 0 Å². The van der Waals surface area contributed by atoms with E-state index < -0.39 is 17.8 Å². The van der Waals surface area contributed by atoms with Gasteiger partial charge in [-0.15, -0.1) is 0 Å². The van der Waals surface area contributed by atoms with Crippen LogP contribution in [0.4, 0.5) is 0 Å². The van der Waals surface area contributed by atoms with E-state index in [1.165, 1.54) is 0 Å². The normalized spacial score (nSPS) is 21.0. The van der Waals surface area contributed by atoms with Crippen molar-refractivity contribution in [1.82, 2.24) is 4.98 Å². The van der Waals surface area contributed by atoms with Crippen LogP contribution in [0.2, 0.25) is 0 Å². The topological polar surface area (TPSA) is 94.0 Å². The summed E-state index contributed by atoms with van der Waals surface area (Å²) >= 11 is 0. The SMILES string of the molecule is N#Cc1c[nH]c2ccc(C(=O)C3CC3C(=O)O)cc12. The number of nitriles is 1. The fraction of sp³-hybridized carbons (Fsp3) is 0.214. The molecule has 1 aliphatic rings. The molecule has 0 bridgehead atoms. The lowest BCUT2D eigenvalue weighted by Crippen LogP contribution is -2.08. The Kier molecular flexibility index (Phi) is 2.39. The van der Waals surface area contributed by atoms with Gasteiger partial charge in [-0.3, -0.25) is 9.59 Å². The molecule has 0 amide bonds. The van der Waals surface area contributed by atoms with Crippen LogP contribution in [0.3, 0.4) is 0 Å². The van der Waals surface area contributed by atoms with Crippen molar-refractivity contribution in [2.45, 2.75) is 6.42 Å². The Morgan fingerprint density at radius 1 is 1.37 bits per heavy atom. The molecule has 5 heteroatoms. The van der Waals surface area contributed by atoms with E-state index >= 15 is 0 Å². The number of ketones is 1. The minimum Gasteiger partial charge on any atom is -0.481 e. The maximum atomic E-state index is 12.1. The van der Waals surface area contributed by atoms with Crippen molar-refractivity contribution >= 4 is 22.7 Å². The number of hydrogen-bond acceptors (Lipinski definition) is 3. The predicted molar refractivity (Wildman–Crippen MR) is 66.6 cm³/mol. The van der Waals surface area contributed by atoms with Crippen molar-refractivity contribution in [2.75, 3.05) is 0 Å². The summed E-state index contributed by atoms with van der Waals surface area (Å²) in [5, 5.41) is 18.5. The van der Waals surface area contributed by atoms with Crippen LogP contribution < -0.4 is 0 Å². The number of nitrogens with zero attached hydrogens (tertiary/aromatic N) is 1. The van der Waals surface area contributed by atoms with Crippen molar-refractivity contribution in [3.05, 3.63) is 35.5 Å². The third-order valence-electron chi connectivity index (χ3n) is 3.53. The van der Waals surface area contributed by atoms with Crippen LogP contribution in [-0.2, 0) is 4.79 Å². The molecule has 0 saturated heterocycles. The molecule has 2 atom stereocenters. The summed E-state index contributed by atoms with van der Waals surface area (Å²) in [6.07, 6.45) is 2.00. The Morgan fingerprint density at radius 3 is 2.79 bits per heavy atom. The molecule has 2 unspecified atom stereocenters. The van der Waals surface area contributed by atoms with Gasteiger partial charge in [0, 0.05) is 28.6 Å². The van der Waals surface area contributed by atoms with Gasteiger partial charge in [-0.2, -0.15) is 5.26 Å². The molecule has 0 spiro atoms. The highest BCUT2D eigenvalue weighted by Crippen LogP contribution is 2.41. The number of aromatic nitrogens is 1.